The minimum atomic E-state index is -3.24. The summed E-state index contributed by atoms with van der Waals surface area (Å²) in [5.74, 6) is 0. The summed E-state index contributed by atoms with van der Waals surface area (Å²) in [4.78, 5) is 0. The van der Waals surface area contributed by atoms with E-state index >= 15 is 9.13 Å². The summed E-state index contributed by atoms with van der Waals surface area (Å²) < 4.78 is 33.6. The lowest BCUT2D eigenvalue weighted by Gasteiger charge is -2.23. The Hall–Kier alpha value is -5.20. The molecule has 0 N–H and O–H groups in total. The number of hydrogen-bond donors (Lipinski definition) is 0. The molecule has 2 atom stereocenters. The first-order chi connectivity index (χ1) is 23.1. The second-order valence-corrected chi connectivity index (χ2v) is 17.8. The monoisotopic (exact) mass is 639 g/mol. The van der Waals surface area contributed by atoms with Gasteiger partial charge in [-0.2, -0.15) is 0 Å². The number of benzene rings is 7. The van der Waals surface area contributed by atoms with Crippen molar-refractivity contribution in [3.05, 3.63) is 164 Å². The zero-order valence-electron chi connectivity index (χ0n) is 25.2. The second-order valence-electron chi connectivity index (χ2n) is 12.4. The summed E-state index contributed by atoms with van der Waals surface area (Å²) in [5.41, 5.74) is 7.03. The van der Waals surface area contributed by atoms with Gasteiger partial charge in [-0.1, -0.05) is 127 Å². The molecule has 47 heavy (non-hydrogen) atoms. The smallest absolute Gasteiger partial charge is 0.172 e. The van der Waals surface area contributed by atoms with Crippen LogP contribution in [0.25, 0.3) is 49.7 Å². The maximum atomic E-state index is 15.6. The van der Waals surface area contributed by atoms with E-state index < -0.39 is 14.3 Å². The van der Waals surface area contributed by atoms with Crippen LogP contribution in [0.5, 0.6) is 0 Å². The fourth-order valence-corrected chi connectivity index (χ4v) is 14.4. The van der Waals surface area contributed by atoms with Crippen molar-refractivity contribution in [3.8, 4) is 27.9 Å². The van der Waals surface area contributed by atoms with Crippen molar-refractivity contribution in [2.24, 2.45) is 0 Å². The second kappa shape index (κ2) is 9.66. The minimum Gasteiger partial charge on any atom is -0.309 e. The molecule has 222 valence electrons. The molecule has 0 fully saturated rings. The van der Waals surface area contributed by atoms with Crippen molar-refractivity contribution in [1.82, 2.24) is 4.57 Å². The first kappa shape index (κ1) is 27.0. The Labute approximate surface area is 272 Å². The van der Waals surface area contributed by atoms with Crippen molar-refractivity contribution in [1.29, 1.82) is 0 Å². The van der Waals surface area contributed by atoms with Gasteiger partial charge in [0, 0.05) is 59.4 Å². The number of aromatic nitrogens is 1. The largest absolute Gasteiger partial charge is 0.309 e. The van der Waals surface area contributed by atoms with E-state index in [1.807, 2.05) is 78.9 Å². The number of fused-ring (bicyclic) bond motifs is 3. The molecular weight excluding hydrogens is 612 g/mol. The standard InChI is InChI=1S/C42H27NO2P2/c44-46(31-15-3-1-4-16-31)37-23-12-24-38-41(37)42-39(46)26-29(27-40(42)47(38,45)32-17-5-2-6-18-32)28-13-11-14-30(25-28)43-35-21-9-7-19-33(35)34-20-8-10-22-36(34)43/h1-27H. The van der Waals surface area contributed by atoms with Gasteiger partial charge < -0.3 is 13.7 Å². The van der Waals surface area contributed by atoms with Crippen molar-refractivity contribution < 1.29 is 9.13 Å². The zero-order valence-corrected chi connectivity index (χ0v) is 27.0. The number of nitrogens with zero attached hydrogens (tertiary/aromatic N) is 1. The molecule has 0 spiro atoms. The average Bonchev–Trinajstić information content (AvgIpc) is 3.72. The van der Waals surface area contributed by atoms with E-state index in [2.05, 4.69) is 89.5 Å². The van der Waals surface area contributed by atoms with Crippen LogP contribution in [0.2, 0.25) is 0 Å². The van der Waals surface area contributed by atoms with Gasteiger partial charge in [0.25, 0.3) is 0 Å². The van der Waals surface area contributed by atoms with Gasteiger partial charge in [-0.3, -0.25) is 0 Å². The van der Waals surface area contributed by atoms with Crippen LogP contribution in [0, 0.1) is 0 Å². The van der Waals surface area contributed by atoms with Gasteiger partial charge in [0.15, 0.2) is 14.3 Å². The van der Waals surface area contributed by atoms with Crippen LogP contribution in [0.3, 0.4) is 0 Å². The van der Waals surface area contributed by atoms with E-state index in [4.69, 9.17) is 0 Å². The van der Waals surface area contributed by atoms with Gasteiger partial charge in [0.2, 0.25) is 0 Å². The normalized spacial score (nSPS) is 19.0. The molecule has 0 bridgehead atoms. The third kappa shape index (κ3) is 3.48. The fourth-order valence-electron chi connectivity index (χ4n) is 7.96. The summed E-state index contributed by atoms with van der Waals surface area (Å²) >= 11 is 0. The van der Waals surface area contributed by atoms with Crippen LogP contribution in [-0.2, 0) is 9.13 Å². The van der Waals surface area contributed by atoms with Gasteiger partial charge in [0.1, 0.15) is 0 Å². The lowest BCUT2D eigenvalue weighted by atomic mass is 10.00. The van der Waals surface area contributed by atoms with Crippen molar-refractivity contribution in [2.75, 3.05) is 0 Å². The van der Waals surface area contributed by atoms with Crippen LogP contribution in [0.4, 0.5) is 0 Å². The Bertz CT molecular complexity index is 2540. The van der Waals surface area contributed by atoms with Gasteiger partial charge in [0.05, 0.1) is 11.0 Å². The predicted octanol–water partition coefficient (Wildman–Crippen LogP) is 8.02. The summed E-state index contributed by atoms with van der Waals surface area (Å²) in [5, 5.41) is 7.18. The maximum absolute atomic E-state index is 15.6. The fraction of sp³-hybridized carbons (Fsp3) is 0. The molecule has 3 nitrogen and oxygen atoms in total. The Morgan fingerprint density at radius 2 is 0.851 bits per heavy atom. The van der Waals surface area contributed by atoms with Gasteiger partial charge in [-0.25, -0.2) is 0 Å². The third-order valence-electron chi connectivity index (χ3n) is 9.98. The number of para-hydroxylation sites is 2. The van der Waals surface area contributed by atoms with E-state index in [1.54, 1.807) is 0 Å². The van der Waals surface area contributed by atoms with Crippen LogP contribution in [0.15, 0.2) is 164 Å². The highest BCUT2D eigenvalue weighted by Gasteiger charge is 2.52. The Morgan fingerprint density at radius 3 is 1.40 bits per heavy atom. The molecule has 8 aromatic rings. The Balaban J connectivity index is 1.26. The van der Waals surface area contributed by atoms with Gasteiger partial charge in [-0.05, 0) is 47.5 Å². The number of hydrogen-bond acceptors (Lipinski definition) is 2. The van der Waals surface area contributed by atoms with E-state index in [1.165, 1.54) is 10.8 Å². The SMILES string of the molecule is O=P1(c2ccccc2)c2cccc3c2-c2c1cc(-c1cccc(-n4c5ccccc5c5ccccc54)c1)cc2P3(=O)c1ccccc1. The van der Waals surface area contributed by atoms with Crippen LogP contribution in [0.1, 0.15) is 0 Å². The van der Waals surface area contributed by atoms with Gasteiger partial charge in [-0.15, -0.1) is 0 Å². The summed E-state index contributed by atoms with van der Waals surface area (Å²) in [6.07, 6.45) is 0. The number of rotatable bonds is 4. The molecule has 7 aromatic carbocycles. The summed E-state index contributed by atoms with van der Waals surface area (Å²) in [6.45, 7) is 0. The molecule has 2 aliphatic rings. The highest BCUT2D eigenvalue weighted by Crippen LogP contribution is 2.61. The highest BCUT2D eigenvalue weighted by atomic mass is 31.2. The zero-order chi connectivity index (χ0) is 31.3. The first-order valence-corrected chi connectivity index (χ1v) is 19.2. The molecule has 0 amide bonds. The van der Waals surface area contributed by atoms with Gasteiger partial charge >= 0.3 is 0 Å². The highest BCUT2D eigenvalue weighted by molar-refractivity contribution is 7.89. The lowest BCUT2D eigenvalue weighted by Crippen LogP contribution is -2.28. The Kier molecular flexibility index (Phi) is 5.54. The maximum Gasteiger partial charge on any atom is 0.172 e. The molecule has 0 saturated heterocycles. The van der Waals surface area contributed by atoms with Crippen LogP contribution < -0.4 is 31.8 Å². The predicted molar refractivity (Wildman–Crippen MR) is 198 cm³/mol. The molecular formula is C42H27NO2P2. The molecule has 0 radical (unpaired) electrons. The van der Waals surface area contributed by atoms with E-state index in [0.717, 1.165) is 70.8 Å². The van der Waals surface area contributed by atoms with Crippen LogP contribution in [-0.4, -0.2) is 4.57 Å². The molecule has 2 unspecified atom stereocenters. The molecule has 2 aliphatic heterocycles. The molecule has 0 saturated carbocycles. The van der Waals surface area contributed by atoms with E-state index in [9.17, 15) is 0 Å². The molecule has 5 heteroatoms. The minimum absolute atomic E-state index is 0.787. The quantitative estimate of drug-likeness (QED) is 0.183. The molecule has 10 rings (SSSR count). The van der Waals surface area contributed by atoms with Crippen molar-refractivity contribution >= 4 is 67.9 Å². The topological polar surface area (TPSA) is 39.1 Å². The molecule has 3 heterocycles. The third-order valence-corrected chi connectivity index (χ3v) is 16.2. The van der Waals surface area contributed by atoms with Crippen molar-refractivity contribution in [2.45, 2.75) is 0 Å². The Morgan fingerprint density at radius 1 is 0.383 bits per heavy atom. The summed E-state index contributed by atoms with van der Waals surface area (Å²) in [7, 11) is -6.47. The molecule has 1 aromatic heterocycles. The average molecular weight is 640 g/mol. The van der Waals surface area contributed by atoms with E-state index in [0.29, 0.717) is 0 Å². The van der Waals surface area contributed by atoms with Crippen LogP contribution >= 0.6 is 14.3 Å². The van der Waals surface area contributed by atoms with E-state index in [-0.39, 0.29) is 0 Å². The summed E-state index contributed by atoms with van der Waals surface area (Å²) in [6, 6.07) is 55.3. The first-order valence-electron chi connectivity index (χ1n) is 15.8. The lowest BCUT2D eigenvalue weighted by molar-refractivity contribution is 0.592. The molecule has 0 aliphatic carbocycles. The van der Waals surface area contributed by atoms with Crippen molar-refractivity contribution in [3.63, 3.8) is 0 Å².